The van der Waals surface area contributed by atoms with E-state index in [1.165, 1.54) is 12.1 Å². The minimum atomic E-state index is -0.642. The third kappa shape index (κ3) is 3.90. The Morgan fingerprint density at radius 2 is 2.14 bits per heavy atom. The summed E-state index contributed by atoms with van der Waals surface area (Å²) >= 11 is 5.85. The van der Waals surface area contributed by atoms with E-state index in [9.17, 15) is 18.8 Å². The van der Waals surface area contributed by atoms with Gasteiger partial charge < -0.3 is 24.3 Å². The lowest BCUT2D eigenvalue weighted by atomic mass is 10.1. The van der Waals surface area contributed by atoms with Crippen molar-refractivity contribution in [2.45, 2.75) is 64.4 Å². The maximum atomic E-state index is 14.3. The number of carbonyl (C=O) groups is 2. The molecule has 35 heavy (non-hydrogen) atoms. The first kappa shape index (κ1) is 23.8. The number of halogens is 2. The van der Waals surface area contributed by atoms with Gasteiger partial charge in [-0.05, 0) is 32.3 Å². The Hall–Kier alpha value is -2.91. The molecule has 1 N–H and O–H groups in total. The van der Waals surface area contributed by atoms with Crippen LogP contribution in [0, 0.1) is 5.82 Å². The molecule has 3 aliphatic heterocycles. The van der Waals surface area contributed by atoms with E-state index in [2.05, 4.69) is 5.32 Å². The van der Waals surface area contributed by atoms with Crippen LogP contribution in [0.2, 0.25) is 5.02 Å². The van der Waals surface area contributed by atoms with Crippen LogP contribution in [0.25, 0.3) is 0 Å². The van der Waals surface area contributed by atoms with Gasteiger partial charge in [-0.15, -0.1) is 0 Å². The number of ether oxygens (including phenoxy) is 2. The number of nitrogens with one attached hydrogen (secondary N) is 1. The SMILES string of the molecule is CCCCOc1c2n3c(c(C(=O)NCc4cccc(Cl)c4F)c1=O)CCC3C1O[C@H](C)CN1C2=O. The van der Waals surface area contributed by atoms with E-state index in [-0.39, 0.29) is 58.8 Å². The first-order valence-electron chi connectivity index (χ1n) is 11.9. The number of unbranched alkanes of at least 4 members (excludes halogenated alkanes) is 1. The zero-order chi connectivity index (χ0) is 24.9. The number of nitrogens with zero attached hydrogens (tertiary/aromatic N) is 2. The number of pyridine rings is 1. The molecule has 2 amide bonds. The molecule has 8 nitrogen and oxygen atoms in total. The van der Waals surface area contributed by atoms with Crippen LogP contribution < -0.4 is 15.5 Å². The molecule has 0 spiro atoms. The molecular weight excluding hydrogens is 477 g/mol. The molecule has 2 aromatic rings. The predicted octanol–water partition coefficient (Wildman–Crippen LogP) is 3.44. The number of fused-ring (bicyclic) bond motifs is 2. The van der Waals surface area contributed by atoms with Crippen molar-refractivity contribution in [2.75, 3.05) is 13.2 Å². The Labute approximate surface area is 206 Å². The molecular formula is C25H27ClFN3O5. The van der Waals surface area contributed by atoms with Crippen LogP contribution in [-0.4, -0.2) is 46.8 Å². The standard InChI is InChI=1S/C25H27ClFN3O5/c1-3-4-10-34-22-20-24(33)29-12-13(2)35-25(29)17-9-8-16(30(17)20)18(21(22)31)23(32)28-11-14-6-5-7-15(26)19(14)27/h5-7,13,17,25H,3-4,8-12H2,1-2H3,(H,28,32)/t13-,17?,25?/m1/s1. The summed E-state index contributed by atoms with van der Waals surface area (Å²) in [7, 11) is 0. The molecule has 0 aliphatic carbocycles. The minimum absolute atomic E-state index is 0.0486. The molecule has 0 radical (unpaired) electrons. The highest BCUT2D eigenvalue weighted by Crippen LogP contribution is 2.43. The molecule has 2 unspecified atom stereocenters. The molecule has 3 aliphatic rings. The van der Waals surface area contributed by atoms with Crippen molar-refractivity contribution in [3.8, 4) is 5.75 Å². The molecule has 4 heterocycles. The number of amides is 2. The van der Waals surface area contributed by atoms with E-state index in [1.807, 2.05) is 13.8 Å². The fourth-order valence-electron chi connectivity index (χ4n) is 5.22. The lowest BCUT2D eigenvalue weighted by molar-refractivity contribution is -0.0309. The molecule has 1 aromatic carbocycles. The zero-order valence-corrected chi connectivity index (χ0v) is 20.4. The lowest BCUT2D eigenvalue weighted by Gasteiger charge is -2.37. The maximum Gasteiger partial charge on any atom is 0.276 e. The monoisotopic (exact) mass is 503 g/mol. The van der Waals surface area contributed by atoms with Crippen LogP contribution in [0.1, 0.15) is 71.3 Å². The third-order valence-corrected chi connectivity index (χ3v) is 7.14. The average molecular weight is 504 g/mol. The Bertz CT molecular complexity index is 1260. The van der Waals surface area contributed by atoms with Crippen LogP contribution in [0.5, 0.6) is 5.75 Å². The van der Waals surface area contributed by atoms with Gasteiger partial charge in [-0.3, -0.25) is 14.4 Å². The van der Waals surface area contributed by atoms with E-state index in [1.54, 1.807) is 15.5 Å². The minimum Gasteiger partial charge on any atom is -0.487 e. The molecule has 1 fully saturated rings. The fourth-order valence-corrected chi connectivity index (χ4v) is 5.41. The van der Waals surface area contributed by atoms with E-state index >= 15 is 0 Å². The third-order valence-electron chi connectivity index (χ3n) is 6.84. The van der Waals surface area contributed by atoms with Gasteiger partial charge in [-0.2, -0.15) is 0 Å². The molecule has 0 saturated carbocycles. The van der Waals surface area contributed by atoms with E-state index in [0.29, 0.717) is 31.5 Å². The quantitative estimate of drug-likeness (QED) is 0.585. The summed E-state index contributed by atoms with van der Waals surface area (Å²) in [5.41, 5.74) is 0.189. The van der Waals surface area contributed by atoms with E-state index < -0.39 is 23.4 Å². The predicted molar refractivity (Wildman–Crippen MR) is 126 cm³/mol. The largest absolute Gasteiger partial charge is 0.487 e. The molecule has 0 bridgehead atoms. The average Bonchev–Trinajstić information content (AvgIpc) is 3.43. The molecule has 186 valence electrons. The zero-order valence-electron chi connectivity index (χ0n) is 19.6. The Kier molecular flexibility index (Phi) is 6.31. The number of carbonyl (C=O) groups excluding carboxylic acids is 2. The summed E-state index contributed by atoms with van der Waals surface area (Å²) in [5.74, 6) is -1.69. The summed E-state index contributed by atoms with van der Waals surface area (Å²) in [6.45, 7) is 4.44. The highest BCUT2D eigenvalue weighted by atomic mass is 35.5. The molecule has 3 atom stereocenters. The first-order valence-corrected chi connectivity index (χ1v) is 12.3. The number of aromatic nitrogens is 1. The van der Waals surface area contributed by atoms with E-state index in [0.717, 1.165) is 6.42 Å². The van der Waals surface area contributed by atoms with Crippen LogP contribution in [-0.2, 0) is 17.7 Å². The molecule has 1 saturated heterocycles. The van der Waals surface area contributed by atoms with E-state index in [4.69, 9.17) is 21.1 Å². The van der Waals surface area contributed by atoms with Gasteiger partial charge in [0.15, 0.2) is 17.7 Å². The van der Waals surface area contributed by atoms with Crippen molar-refractivity contribution in [1.29, 1.82) is 0 Å². The summed E-state index contributed by atoms with van der Waals surface area (Å²) in [5, 5.41) is 2.60. The van der Waals surface area contributed by atoms with Crippen molar-refractivity contribution in [3.63, 3.8) is 0 Å². The number of rotatable bonds is 7. The van der Waals surface area contributed by atoms with Crippen LogP contribution in [0.3, 0.4) is 0 Å². The highest BCUT2D eigenvalue weighted by molar-refractivity contribution is 6.30. The second-order valence-electron chi connectivity index (χ2n) is 9.20. The first-order chi connectivity index (χ1) is 16.8. The Balaban J connectivity index is 1.57. The number of benzene rings is 1. The second kappa shape index (κ2) is 9.28. The van der Waals surface area contributed by atoms with Gasteiger partial charge in [0.2, 0.25) is 5.43 Å². The van der Waals surface area contributed by atoms with Crippen molar-refractivity contribution >= 4 is 23.4 Å². The van der Waals surface area contributed by atoms with Gasteiger partial charge >= 0.3 is 0 Å². The molecule has 10 heteroatoms. The van der Waals surface area contributed by atoms with Crippen molar-refractivity contribution in [1.82, 2.24) is 14.8 Å². The van der Waals surface area contributed by atoms with Gasteiger partial charge in [0.25, 0.3) is 11.8 Å². The summed E-state index contributed by atoms with van der Waals surface area (Å²) in [4.78, 5) is 42.1. The van der Waals surface area contributed by atoms with Crippen LogP contribution >= 0.6 is 11.6 Å². The Morgan fingerprint density at radius 1 is 1.34 bits per heavy atom. The topological polar surface area (TPSA) is 89.9 Å². The highest BCUT2D eigenvalue weighted by Gasteiger charge is 2.50. The molecule has 5 rings (SSSR count). The van der Waals surface area contributed by atoms with Gasteiger partial charge in [0, 0.05) is 24.3 Å². The lowest BCUT2D eigenvalue weighted by Crippen LogP contribution is -2.49. The summed E-state index contributed by atoms with van der Waals surface area (Å²) < 4.78 is 28.0. The summed E-state index contributed by atoms with van der Waals surface area (Å²) in [6.07, 6.45) is 2.01. The number of hydrogen-bond acceptors (Lipinski definition) is 5. The van der Waals surface area contributed by atoms with Gasteiger partial charge in [0.05, 0.1) is 23.8 Å². The maximum absolute atomic E-state index is 14.3. The fraction of sp³-hybridized carbons (Fsp3) is 0.480. The summed E-state index contributed by atoms with van der Waals surface area (Å²) in [6, 6.07) is 4.31. The van der Waals surface area contributed by atoms with Gasteiger partial charge in [-0.25, -0.2) is 4.39 Å². The Morgan fingerprint density at radius 3 is 2.91 bits per heavy atom. The van der Waals surface area contributed by atoms with Crippen molar-refractivity contribution < 1.29 is 23.5 Å². The van der Waals surface area contributed by atoms with Crippen molar-refractivity contribution in [2.24, 2.45) is 0 Å². The van der Waals surface area contributed by atoms with Crippen LogP contribution in [0.15, 0.2) is 23.0 Å². The van der Waals surface area contributed by atoms with Gasteiger partial charge in [-0.1, -0.05) is 37.1 Å². The number of hydrogen-bond donors (Lipinski definition) is 1. The van der Waals surface area contributed by atoms with Gasteiger partial charge in [0.1, 0.15) is 11.4 Å². The molecule has 1 aromatic heterocycles. The normalized spacial score (nSPS) is 22.2. The van der Waals surface area contributed by atoms with Crippen LogP contribution in [0.4, 0.5) is 4.39 Å². The van der Waals surface area contributed by atoms with Crippen molar-refractivity contribution in [3.05, 3.63) is 61.8 Å². The second-order valence-corrected chi connectivity index (χ2v) is 9.60. The smallest absolute Gasteiger partial charge is 0.276 e.